The molecule has 120 valence electrons. The highest BCUT2D eigenvalue weighted by atomic mass is 32.2. The van der Waals surface area contributed by atoms with E-state index in [2.05, 4.69) is 4.40 Å². The van der Waals surface area contributed by atoms with Crippen LogP contribution < -0.4 is 4.74 Å². The molecule has 0 saturated carbocycles. The van der Waals surface area contributed by atoms with Crippen LogP contribution >= 0.6 is 0 Å². The third-order valence-corrected chi connectivity index (χ3v) is 4.20. The number of aromatic hydroxyl groups is 1. The van der Waals surface area contributed by atoms with Crippen LogP contribution in [0.1, 0.15) is 15.9 Å². The molecule has 23 heavy (non-hydrogen) atoms. The van der Waals surface area contributed by atoms with E-state index in [4.69, 9.17) is 9.84 Å². The molecule has 0 heterocycles. The highest BCUT2D eigenvalue weighted by Gasteiger charge is 2.13. The Morgan fingerprint density at radius 2 is 1.83 bits per heavy atom. The molecule has 2 N–H and O–H groups in total. The fourth-order valence-electron chi connectivity index (χ4n) is 1.76. The molecule has 0 bridgehead atoms. The Bertz CT molecular complexity index is 856. The van der Waals surface area contributed by atoms with Crippen molar-refractivity contribution in [1.29, 1.82) is 0 Å². The molecular formula is C15H13NO6S. The minimum absolute atomic E-state index is 0.0202. The van der Waals surface area contributed by atoms with Gasteiger partial charge in [0.05, 0.1) is 23.8 Å². The zero-order valence-corrected chi connectivity index (χ0v) is 12.8. The first-order valence-corrected chi connectivity index (χ1v) is 7.78. The van der Waals surface area contributed by atoms with Gasteiger partial charge in [-0.2, -0.15) is 12.8 Å². The van der Waals surface area contributed by atoms with Crippen LogP contribution in [0.2, 0.25) is 0 Å². The van der Waals surface area contributed by atoms with E-state index in [0.29, 0.717) is 5.56 Å². The number of carboxylic acids is 1. The SMILES string of the molecule is COc1cc(O)ccc1/C=N/S(=O)(=O)c1ccc(C(=O)O)cc1. The van der Waals surface area contributed by atoms with Gasteiger partial charge in [-0.25, -0.2) is 4.79 Å². The smallest absolute Gasteiger partial charge is 0.335 e. The zero-order chi connectivity index (χ0) is 17.0. The van der Waals surface area contributed by atoms with Gasteiger partial charge >= 0.3 is 5.97 Å². The van der Waals surface area contributed by atoms with E-state index in [1.165, 1.54) is 49.6 Å². The Kier molecular flexibility index (Phi) is 4.65. The molecule has 0 aromatic heterocycles. The highest BCUT2D eigenvalue weighted by molar-refractivity contribution is 7.90. The monoisotopic (exact) mass is 335 g/mol. The van der Waals surface area contributed by atoms with E-state index in [9.17, 15) is 18.3 Å². The predicted octanol–water partition coefficient (Wildman–Crippen LogP) is 1.91. The highest BCUT2D eigenvalue weighted by Crippen LogP contribution is 2.23. The normalized spacial score (nSPS) is 11.5. The van der Waals surface area contributed by atoms with Crippen LogP contribution in [-0.2, 0) is 10.0 Å². The van der Waals surface area contributed by atoms with E-state index in [1.54, 1.807) is 0 Å². The first kappa shape index (κ1) is 16.5. The number of benzene rings is 2. The molecule has 0 atom stereocenters. The van der Waals surface area contributed by atoms with Crippen molar-refractivity contribution in [2.75, 3.05) is 7.11 Å². The lowest BCUT2D eigenvalue weighted by Gasteiger charge is -2.04. The van der Waals surface area contributed by atoms with Crippen molar-refractivity contribution >= 4 is 22.2 Å². The lowest BCUT2D eigenvalue weighted by Crippen LogP contribution is -2.01. The van der Waals surface area contributed by atoms with Gasteiger partial charge in [0, 0.05) is 11.6 Å². The third kappa shape index (κ3) is 3.86. The molecule has 0 fully saturated rings. The Labute approximate surface area is 132 Å². The molecular weight excluding hydrogens is 322 g/mol. The lowest BCUT2D eigenvalue weighted by atomic mass is 10.2. The van der Waals surface area contributed by atoms with Crippen molar-refractivity contribution in [2.45, 2.75) is 4.90 Å². The number of nitrogens with zero attached hydrogens (tertiary/aromatic N) is 1. The lowest BCUT2D eigenvalue weighted by molar-refractivity contribution is 0.0696. The van der Waals surface area contributed by atoms with Gasteiger partial charge < -0.3 is 14.9 Å². The van der Waals surface area contributed by atoms with Gasteiger partial charge in [-0.3, -0.25) is 0 Å². The molecule has 0 amide bonds. The number of sulfonamides is 1. The molecule has 0 aliphatic rings. The summed E-state index contributed by atoms with van der Waals surface area (Å²) in [7, 11) is -2.60. The molecule has 2 rings (SSSR count). The van der Waals surface area contributed by atoms with Gasteiger partial charge in [-0.05, 0) is 36.4 Å². The molecule has 0 spiro atoms. The number of hydrogen-bond acceptors (Lipinski definition) is 5. The van der Waals surface area contributed by atoms with Crippen molar-refractivity contribution in [2.24, 2.45) is 4.40 Å². The summed E-state index contributed by atoms with van der Waals surface area (Å²) in [5, 5.41) is 18.2. The van der Waals surface area contributed by atoms with E-state index in [-0.39, 0.29) is 22.0 Å². The average Bonchev–Trinajstić information content (AvgIpc) is 2.53. The predicted molar refractivity (Wildman–Crippen MR) is 82.8 cm³/mol. The Hall–Kier alpha value is -2.87. The molecule has 8 heteroatoms. The summed E-state index contributed by atoms with van der Waals surface area (Å²) < 4.78 is 32.8. The van der Waals surface area contributed by atoms with Crippen molar-refractivity contribution in [3.63, 3.8) is 0 Å². The number of methoxy groups -OCH3 is 1. The van der Waals surface area contributed by atoms with E-state index >= 15 is 0 Å². The summed E-state index contributed by atoms with van der Waals surface area (Å²) in [6, 6.07) is 8.88. The molecule has 0 aliphatic carbocycles. The van der Waals surface area contributed by atoms with Crippen molar-refractivity contribution in [3.8, 4) is 11.5 Å². The van der Waals surface area contributed by atoms with Crippen molar-refractivity contribution < 1.29 is 28.2 Å². The number of carboxylic acid groups (broad SMARTS) is 1. The second-order valence-corrected chi connectivity index (χ2v) is 6.10. The standard InChI is InChI=1S/C15H13NO6S/c1-22-14-8-12(17)5-2-11(14)9-16-23(20,21)13-6-3-10(4-7-13)15(18)19/h2-9,17H,1H3,(H,18,19)/b16-9+. The summed E-state index contributed by atoms with van der Waals surface area (Å²) in [6.07, 6.45) is 1.10. The number of hydrogen-bond donors (Lipinski definition) is 2. The Morgan fingerprint density at radius 3 is 2.39 bits per heavy atom. The maximum Gasteiger partial charge on any atom is 0.335 e. The minimum Gasteiger partial charge on any atom is -0.508 e. The second-order valence-electron chi connectivity index (χ2n) is 4.47. The topological polar surface area (TPSA) is 113 Å². The quantitative estimate of drug-likeness (QED) is 0.807. The van der Waals surface area contributed by atoms with Gasteiger partial charge in [0.25, 0.3) is 10.0 Å². The first-order valence-electron chi connectivity index (χ1n) is 6.34. The third-order valence-electron chi connectivity index (χ3n) is 2.95. The average molecular weight is 335 g/mol. The summed E-state index contributed by atoms with van der Waals surface area (Å²) in [5.41, 5.74) is 0.351. The number of phenolic OH excluding ortho intramolecular Hbond substituents is 1. The van der Waals surface area contributed by atoms with Crippen LogP contribution in [0.5, 0.6) is 11.5 Å². The maximum atomic E-state index is 12.1. The molecule has 7 nitrogen and oxygen atoms in total. The van der Waals surface area contributed by atoms with E-state index in [0.717, 1.165) is 6.21 Å². The number of phenols is 1. The van der Waals surface area contributed by atoms with Crippen LogP contribution in [0.25, 0.3) is 0 Å². The number of rotatable bonds is 5. The summed E-state index contributed by atoms with van der Waals surface area (Å²) in [4.78, 5) is 10.6. The molecule has 2 aromatic carbocycles. The minimum atomic E-state index is -3.98. The first-order chi connectivity index (χ1) is 10.8. The van der Waals surface area contributed by atoms with Crippen LogP contribution in [-0.4, -0.2) is 37.9 Å². The van der Waals surface area contributed by atoms with Crippen molar-refractivity contribution in [3.05, 3.63) is 53.6 Å². The molecule has 2 aromatic rings. The Balaban J connectivity index is 2.32. The van der Waals surface area contributed by atoms with Gasteiger partial charge in [-0.15, -0.1) is 0 Å². The Morgan fingerprint density at radius 1 is 1.17 bits per heavy atom. The van der Waals surface area contributed by atoms with Crippen LogP contribution in [0.4, 0.5) is 0 Å². The van der Waals surface area contributed by atoms with Crippen LogP contribution in [0, 0.1) is 0 Å². The maximum absolute atomic E-state index is 12.1. The molecule has 0 radical (unpaired) electrons. The van der Waals surface area contributed by atoms with Crippen LogP contribution in [0.3, 0.4) is 0 Å². The van der Waals surface area contributed by atoms with Crippen molar-refractivity contribution in [1.82, 2.24) is 0 Å². The van der Waals surface area contributed by atoms with E-state index < -0.39 is 16.0 Å². The number of aromatic carboxylic acids is 1. The summed E-state index contributed by atoms with van der Waals surface area (Å²) in [6.45, 7) is 0. The molecule has 0 aliphatic heterocycles. The fraction of sp³-hybridized carbons (Fsp3) is 0.0667. The van der Waals surface area contributed by atoms with Gasteiger partial charge in [-0.1, -0.05) is 0 Å². The molecule has 0 unspecified atom stereocenters. The zero-order valence-electron chi connectivity index (χ0n) is 12.0. The van der Waals surface area contributed by atoms with Crippen LogP contribution in [0.15, 0.2) is 51.8 Å². The second kappa shape index (κ2) is 6.49. The largest absolute Gasteiger partial charge is 0.508 e. The van der Waals surface area contributed by atoms with Gasteiger partial charge in [0.15, 0.2) is 0 Å². The number of ether oxygens (including phenoxy) is 1. The summed E-state index contributed by atoms with van der Waals surface area (Å²) in [5.74, 6) is -0.900. The van der Waals surface area contributed by atoms with E-state index in [1.807, 2.05) is 0 Å². The fourth-order valence-corrected chi connectivity index (χ4v) is 2.62. The van der Waals surface area contributed by atoms with Gasteiger partial charge in [0.2, 0.25) is 0 Å². The number of carbonyl (C=O) groups is 1. The molecule has 0 saturated heterocycles. The van der Waals surface area contributed by atoms with Gasteiger partial charge in [0.1, 0.15) is 11.5 Å². The summed E-state index contributed by atoms with van der Waals surface area (Å²) >= 11 is 0.